The topological polar surface area (TPSA) is 80.4 Å². The molecule has 0 aliphatic carbocycles. The van der Waals surface area contributed by atoms with Gasteiger partial charge in [-0.05, 0) is 36.8 Å². The van der Waals surface area contributed by atoms with E-state index in [0.717, 1.165) is 23.3 Å². The molecule has 6 heteroatoms. The van der Waals surface area contributed by atoms with Gasteiger partial charge in [-0.25, -0.2) is 13.6 Å². The molecule has 3 N–H and O–H groups in total. The molecule has 0 bridgehead atoms. The molecule has 0 fully saturated rings. The zero-order valence-corrected chi connectivity index (χ0v) is 14.0. The Morgan fingerprint density at radius 3 is 2.55 bits per heavy atom. The Hall–Kier alpha value is -0.690. The van der Waals surface area contributed by atoms with Crippen molar-refractivity contribution >= 4 is 21.4 Å². The maximum atomic E-state index is 11.7. The SMILES string of the molecule is CC[C@H](C)[C@@H](c1ccsc1S(N)(=O)=O)C(O)C=C(C)C. The van der Waals surface area contributed by atoms with Crippen LogP contribution in [0.5, 0.6) is 0 Å². The van der Waals surface area contributed by atoms with Crippen LogP contribution in [0.4, 0.5) is 0 Å². The predicted octanol–water partition coefficient (Wildman–Crippen LogP) is 2.85. The van der Waals surface area contributed by atoms with Crippen LogP contribution in [0, 0.1) is 5.92 Å². The molecule has 0 aromatic carbocycles. The third-order valence-corrected chi connectivity index (χ3v) is 5.87. The molecule has 1 rings (SSSR count). The first kappa shape index (κ1) is 17.4. The maximum absolute atomic E-state index is 11.7. The van der Waals surface area contributed by atoms with Gasteiger partial charge in [-0.15, -0.1) is 11.3 Å². The molecule has 0 spiro atoms. The molecule has 1 aromatic rings. The molecular weight excluding hydrogens is 294 g/mol. The van der Waals surface area contributed by atoms with Crippen LogP contribution < -0.4 is 5.14 Å². The van der Waals surface area contributed by atoms with Crippen molar-refractivity contribution in [2.45, 2.75) is 50.3 Å². The number of thiophene rings is 1. The van der Waals surface area contributed by atoms with Gasteiger partial charge in [0, 0.05) is 5.92 Å². The third-order valence-electron chi connectivity index (χ3n) is 3.40. The quantitative estimate of drug-likeness (QED) is 0.792. The minimum absolute atomic E-state index is 0.149. The van der Waals surface area contributed by atoms with Gasteiger partial charge in [0.05, 0.1) is 6.10 Å². The number of aliphatic hydroxyl groups excluding tert-OH is 1. The summed E-state index contributed by atoms with van der Waals surface area (Å²) < 4.78 is 23.5. The predicted molar refractivity (Wildman–Crippen MR) is 83.3 cm³/mol. The number of allylic oxidation sites excluding steroid dienone is 1. The largest absolute Gasteiger partial charge is 0.388 e. The molecular formula is C14H23NO3S2. The van der Waals surface area contributed by atoms with Gasteiger partial charge in [-0.3, -0.25) is 0 Å². The summed E-state index contributed by atoms with van der Waals surface area (Å²) in [5.74, 6) is -0.120. The van der Waals surface area contributed by atoms with Crippen molar-refractivity contribution in [3.63, 3.8) is 0 Å². The molecule has 0 saturated heterocycles. The van der Waals surface area contributed by atoms with Crippen LogP contribution in [0.2, 0.25) is 0 Å². The first-order valence-electron chi connectivity index (χ1n) is 6.61. The number of aliphatic hydroxyl groups is 1. The lowest BCUT2D eigenvalue weighted by Gasteiger charge is -2.27. The maximum Gasteiger partial charge on any atom is 0.247 e. The first-order valence-corrected chi connectivity index (χ1v) is 9.04. The van der Waals surface area contributed by atoms with E-state index in [-0.39, 0.29) is 16.0 Å². The van der Waals surface area contributed by atoms with Crippen molar-refractivity contribution in [2.75, 3.05) is 0 Å². The fourth-order valence-electron chi connectivity index (χ4n) is 2.31. The summed E-state index contributed by atoms with van der Waals surface area (Å²) in [5, 5.41) is 17.4. The molecule has 0 aliphatic rings. The highest BCUT2D eigenvalue weighted by molar-refractivity contribution is 7.91. The van der Waals surface area contributed by atoms with Crippen molar-refractivity contribution in [1.82, 2.24) is 0 Å². The lowest BCUT2D eigenvalue weighted by atomic mass is 9.82. The Morgan fingerprint density at radius 1 is 1.50 bits per heavy atom. The number of primary sulfonamides is 1. The molecule has 0 saturated carbocycles. The first-order chi connectivity index (χ1) is 9.18. The molecule has 1 aromatic heterocycles. The van der Waals surface area contributed by atoms with Gasteiger partial charge in [0.1, 0.15) is 4.21 Å². The number of sulfonamides is 1. The number of nitrogens with two attached hydrogens (primary N) is 1. The zero-order chi connectivity index (χ0) is 15.5. The Morgan fingerprint density at radius 2 is 2.10 bits per heavy atom. The average Bonchev–Trinajstić information content (AvgIpc) is 2.76. The van der Waals surface area contributed by atoms with Crippen LogP contribution in [-0.2, 0) is 10.0 Å². The standard InChI is InChI=1S/C14H23NO3S2/c1-5-10(4)13(12(16)8-9(2)3)11-6-7-19-14(11)20(15,17)18/h6-8,10,12-13,16H,5H2,1-4H3,(H2,15,17,18)/t10-,12?,13-/m0/s1. The average molecular weight is 317 g/mol. The molecule has 114 valence electrons. The van der Waals surface area contributed by atoms with Gasteiger partial charge in [-0.1, -0.05) is 31.9 Å². The van der Waals surface area contributed by atoms with E-state index in [2.05, 4.69) is 0 Å². The fraction of sp³-hybridized carbons (Fsp3) is 0.571. The summed E-state index contributed by atoms with van der Waals surface area (Å²) in [6.45, 7) is 7.85. The molecule has 4 nitrogen and oxygen atoms in total. The van der Waals surface area contributed by atoms with Gasteiger partial charge < -0.3 is 5.11 Å². The third kappa shape index (κ3) is 4.15. The number of hydrogen-bond donors (Lipinski definition) is 2. The van der Waals surface area contributed by atoms with Gasteiger partial charge in [0.15, 0.2) is 0 Å². The summed E-state index contributed by atoms with van der Waals surface area (Å²) >= 11 is 1.10. The molecule has 1 heterocycles. The van der Waals surface area contributed by atoms with Crippen LogP contribution in [0.15, 0.2) is 27.3 Å². The Balaban J connectivity index is 3.33. The van der Waals surface area contributed by atoms with E-state index >= 15 is 0 Å². The highest BCUT2D eigenvalue weighted by Crippen LogP contribution is 2.37. The van der Waals surface area contributed by atoms with Crippen LogP contribution in [-0.4, -0.2) is 19.6 Å². The molecule has 1 unspecified atom stereocenters. The van der Waals surface area contributed by atoms with E-state index < -0.39 is 16.1 Å². The van der Waals surface area contributed by atoms with Crippen molar-refractivity contribution in [3.8, 4) is 0 Å². The molecule has 20 heavy (non-hydrogen) atoms. The molecule has 3 atom stereocenters. The lowest BCUT2D eigenvalue weighted by Crippen LogP contribution is -2.25. The molecule has 0 radical (unpaired) electrons. The van der Waals surface area contributed by atoms with E-state index in [4.69, 9.17) is 5.14 Å². The summed E-state index contributed by atoms with van der Waals surface area (Å²) in [6.07, 6.45) is 1.89. The van der Waals surface area contributed by atoms with Gasteiger partial charge in [0.25, 0.3) is 0 Å². The fourth-order valence-corrected chi connectivity index (χ4v) is 4.22. The van der Waals surface area contributed by atoms with Crippen LogP contribution >= 0.6 is 11.3 Å². The van der Waals surface area contributed by atoms with Crippen LogP contribution in [0.25, 0.3) is 0 Å². The molecule has 0 amide bonds. The summed E-state index contributed by atoms with van der Waals surface area (Å²) in [7, 11) is -3.75. The van der Waals surface area contributed by atoms with Gasteiger partial charge >= 0.3 is 0 Å². The zero-order valence-electron chi connectivity index (χ0n) is 12.3. The summed E-state index contributed by atoms with van der Waals surface area (Å²) in [6, 6.07) is 1.75. The smallest absolute Gasteiger partial charge is 0.247 e. The molecule has 0 aliphatic heterocycles. The number of hydrogen-bond acceptors (Lipinski definition) is 4. The van der Waals surface area contributed by atoms with E-state index in [1.165, 1.54) is 0 Å². The highest BCUT2D eigenvalue weighted by Gasteiger charge is 2.30. The Bertz CT molecular complexity index is 571. The lowest BCUT2D eigenvalue weighted by molar-refractivity contribution is 0.158. The van der Waals surface area contributed by atoms with E-state index in [0.29, 0.717) is 5.56 Å². The van der Waals surface area contributed by atoms with Crippen molar-refractivity contribution in [1.29, 1.82) is 0 Å². The number of rotatable bonds is 6. The van der Waals surface area contributed by atoms with Crippen molar-refractivity contribution in [3.05, 3.63) is 28.7 Å². The van der Waals surface area contributed by atoms with E-state index in [1.807, 2.05) is 27.7 Å². The Kier molecular flexibility index (Phi) is 5.94. The van der Waals surface area contributed by atoms with Gasteiger partial charge in [0.2, 0.25) is 10.0 Å². The van der Waals surface area contributed by atoms with E-state index in [1.54, 1.807) is 17.5 Å². The van der Waals surface area contributed by atoms with Crippen molar-refractivity contribution < 1.29 is 13.5 Å². The summed E-state index contributed by atoms with van der Waals surface area (Å²) in [4.78, 5) is 0. The van der Waals surface area contributed by atoms with E-state index in [9.17, 15) is 13.5 Å². The second-order valence-corrected chi connectivity index (χ2v) is 8.03. The minimum atomic E-state index is -3.75. The van der Waals surface area contributed by atoms with Crippen LogP contribution in [0.3, 0.4) is 0 Å². The minimum Gasteiger partial charge on any atom is -0.388 e. The summed E-state index contributed by atoms with van der Waals surface area (Å²) in [5.41, 5.74) is 1.62. The Labute approximate surface area is 125 Å². The van der Waals surface area contributed by atoms with Crippen molar-refractivity contribution in [2.24, 2.45) is 11.1 Å². The monoisotopic (exact) mass is 317 g/mol. The second-order valence-electron chi connectivity index (χ2n) is 5.35. The normalized spacial score (nSPS) is 16.5. The van der Waals surface area contributed by atoms with Gasteiger partial charge in [-0.2, -0.15) is 0 Å². The second kappa shape index (κ2) is 6.85. The highest BCUT2D eigenvalue weighted by atomic mass is 32.2. The van der Waals surface area contributed by atoms with Crippen LogP contribution in [0.1, 0.15) is 45.6 Å².